The minimum Gasteiger partial charge on any atom is -0.513 e. The summed E-state index contributed by atoms with van der Waals surface area (Å²) in [6, 6.07) is 0.677. The molecule has 0 amide bonds. The Morgan fingerprint density at radius 3 is 2.28 bits per heavy atom. The number of nitrogens with one attached hydrogen (secondary N) is 2. The standard InChI is InChI=1S/C23H43N5O/c1-20(24-12-6-9-22(3)29)8-5-11-25-21(2)18-28-13-7-10-23(28)19-27-16-14-26(4)15-17-27/h23-25,29H,1-3,5-19H2,4H3/i26+1,27+1,28+1. The van der Waals surface area contributed by atoms with E-state index in [1.165, 1.54) is 52.1 Å². The molecule has 29 heavy (non-hydrogen) atoms. The number of likely N-dealkylation sites (N-methyl/N-ethyl adjacent to an activating group) is 1. The van der Waals surface area contributed by atoms with E-state index in [1.807, 2.05) is 0 Å². The molecule has 2 fully saturated rings. The van der Waals surface area contributed by atoms with Gasteiger partial charge in [0, 0.05) is 76.2 Å². The Morgan fingerprint density at radius 2 is 1.59 bits per heavy atom. The first-order chi connectivity index (χ1) is 13.9. The van der Waals surface area contributed by atoms with Crippen LogP contribution in [0.4, 0.5) is 0 Å². The summed E-state index contributed by atoms with van der Waals surface area (Å²) < 4.78 is 0. The van der Waals surface area contributed by atoms with Crippen LogP contribution in [0.5, 0.6) is 0 Å². The molecule has 0 aromatic heterocycles. The molecule has 0 spiro atoms. The maximum absolute atomic E-state index is 9.08. The van der Waals surface area contributed by atoms with Crippen molar-refractivity contribution in [1.29, 1.82) is 0 Å². The Bertz CT molecular complexity index is 527. The molecule has 1 unspecified atom stereocenters. The Balaban J connectivity index is 1.55. The van der Waals surface area contributed by atoms with E-state index in [1.54, 1.807) is 0 Å². The highest BCUT2D eigenvalue weighted by molar-refractivity contribution is 4.99. The summed E-state index contributed by atoms with van der Waals surface area (Å²) in [7, 11) is 2.22. The van der Waals surface area contributed by atoms with Crippen molar-refractivity contribution in [3.8, 4) is 0 Å². The molecule has 0 aromatic carbocycles. The number of nitrogens with zero attached hydrogens (tertiary/aromatic N) is 3. The van der Waals surface area contributed by atoms with Crippen LogP contribution in [0.15, 0.2) is 36.9 Å². The molecule has 0 aliphatic carbocycles. The number of likely N-dealkylation sites (tertiary alicyclic amines) is 1. The lowest BCUT2D eigenvalue weighted by Crippen LogP contribution is -2.49. The van der Waals surface area contributed by atoms with Crippen LogP contribution in [0.25, 0.3) is 0 Å². The largest absolute Gasteiger partial charge is 0.513 e. The molecular weight excluding hydrogens is 365 g/mol. The van der Waals surface area contributed by atoms with E-state index in [4.69, 9.17) is 5.11 Å². The van der Waals surface area contributed by atoms with E-state index >= 15 is 0 Å². The lowest BCUT2D eigenvalue weighted by atomic mass is 10.2. The normalized spacial score (nSPS) is 21.2. The van der Waals surface area contributed by atoms with Gasteiger partial charge in [0.1, 0.15) is 0 Å². The first-order valence-electron chi connectivity index (χ1n) is 11.3. The highest BCUT2D eigenvalue weighted by Gasteiger charge is 2.27. The van der Waals surface area contributed by atoms with Crippen LogP contribution < -0.4 is 10.6 Å². The van der Waals surface area contributed by atoms with Gasteiger partial charge in [-0.15, -0.1) is 0 Å². The highest BCUT2D eigenvalue weighted by atomic mass is 16.3. The van der Waals surface area contributed by atoms with Gasteiger partial charge in [-0.3, -0.25) is 9.80 Å². The van der Waals surface area contributed by atoms with E-state index in [0.717, 1.165) is 50.3 Å². The van der Waals surface area contributed by atoms with Gasteiger partial charge in [-0.05, 0) is 45.7 Å². The average molecular weight is 409 g/mol. The average Bonchev–Trinajstić information content (AvgIpc) is 3.10. The second kappa shape index (κ2) is 12.9. The third kappa shape index (κ3) is 9.70. The third-order valence-electron chi connectivity index (χ3n) is 6.01. The molecule has 2 aliphatic rings. The molecular formula is C23H43N5O. The van der Waals surface area contributed by atoms with E-state index in [0.29, 0.717) is 12.5 Å². The van der Waals surface area contributed by atoms with Gasteiger partial charge < -0.3 is 20.6 Å². The Morgan fingerprint density at radius 1 is 0.931 bits per heavy atom. The highest BCUT2D eigenvalue weighted by Crippen LogP contribution is 2.19. The van der Waals surface area contributed by atoms with Gasteiger partial charge in [0.25, 0.3) is 0 Å². The predicted molar refractivity (Wildman–Crippen MR) is 123 cm³/mol. The lowest BCUT2D eigenvalue weighted by molar-refractivity contribution is 0.119. The van der Waals surface area contributed by atoms with E-state index in [2.05, 4.69) is 52.1 Å². The molecule has 166 valence electrons. The van der Waals surface area contributed by atoms with Crippen molar-refractivity contribution >= 4 is 0 Å². The number of rotatable bonds is 14. The van der Waals surface area contributed by atoms with E-state index in [9.17, 15) is 0 Å². The van der Waals surface area contributed by atoms with Crippen LogP contribution in [0.2, 0.25) is 0 Å². The summed E-state index contributed by atoms with van der Waals surface area (Å²) in [4.78, 5) is 7.67. The molecule has 6 nitrogen and oxygen atoms in total. The molecule has 1 atom stereocenters. The summed E-state index contributed by atoms with van der Waals surface area (Å²) in [6.07, 6.45) is 6.15. The zero-order valence-electron chi connectivity index (χ0n) is 18.6. The number of aliphatic hydroxyl groups is 1. The first kappa shape index (κ1) is 23.8. The molecule has 0 saturated carbocycles. The third-order valence-corrected chi connectivity index (χ3v) is 6.01. The second-order valence-electron chi connectivity index (χ2n) is 8.70. The number of aliphatic hydroxyl groups excluding tert-OH is 1. The first-order valence-corrected chi connectivity index (χ1v) is 11.3. The fourth-order valence-electron chi connectivity index (χ4n) is 4.15. The Kier molecular flexibility index (Phi) is 10.6. The number of allylic oxidation sites excluding steroid dienone is 2. The predicted octanol–water partition coefficient (Wildman–Crippen LogP) is 2.54. The smallest absolute Gasteiger partial charge is 0.0851 e. The van der Waals surface area contributed by atoms with Gasteiger partial charge in [-0.25, -0.2) is 0 Å². The second-order valence-corrected chi connectivity index (χ2v) is 8.70. The van der Waals surface area contributed by atoms with Crippen molar-refractivity contribution in [2.24, 2.45) is 0 Å². The minimum atomic E-state index is 0.254. The van der Waals surface area contributed by atoms with Gasteiger partial charge in [-0.1, -0.05) is 19.7 Å². The summed E-state index contributed by atoms with van der Waals surface area (Å²) in [5.41, 5.74) is 2.20. The molecule has 2 aliphatic heterocycles. The van der Waals surface area contributed by atoms with Crippen molar-refractivity contribution in [3.05, 3.63) is 36.9 Å². The van der Waals surface area contributed by atoms with Crippen LogP contribution in [-0.2, 0) is 0 Å². The van der Waals surface area contributed by atoms with Crippen LogP contribution in [0, 0.1) is 0 Å². The van der Waals surface area contributed by atoms with Crippen molar-refractivity contribution in [2.75, 3.05) is 66.0 Å². The van der Waals surface area contributed by atoms with Gasteiger partial charge >= 0.3 is 0 Å². The van der Waals surface area contributed by atoms with Crippen molar-refractivity contribution in [2.45, 2.75) is 44.6 Å². The summed E-state index contributed by atoms with van der Waals surface area (Å²) >= 11 is 0. The molecule has 0 bridgehead atoms. The molecule has 3 N–H and O–H groups in total. The molecule has 0 radical (unpaired) electrons. The van der Waals surface area contributed by atoms with E-state index < -0.39 is 0 Å². The SMILES string of the molecule is C=C(O)CCCNC(=C)CCCNC(=C)C[15N]1CCCC1C[15N]1CC[15N](C)CC1. The molecule has 0 aromatic rings. The van der Waals surface area contributed by atoms with Gasteiger partial charge in [0.05, 0.1) is 5.76 Å². The van der Waals surface area contributed by atoms with Crippen LogP contribution in [0.1, 0.15) is 38.5 Å². The number of piperazine rings is 1. The zero-order chi connectivity index (χ0) is 21.1. The summed E-state index contributed by atoms with van der Waals surface area (Å²) in [5, 5.41) is 15.9. The number of hydrogen-bond donors (Lipinski definition) is 3. The van der Waals surface area contributed by atoms with Crippen molar-refractivity contribution in [1.82, 2.24) is 25.3 Å². The molecule has 6 heteroatoms. The quantitative estimate of drug-likeness (QED) is 0.233. The van der Waals surface area contributed by atoms with Gasteiger partial charge in [-0.2, -0.15) is 0 Å². The molecule has 2 saturated heterocycles. The minimum absolute atomic E-state index is 0.254. The van der Waals surface area contributed by atoms with Crippen LogP contribution in [0.3, 0.4) is 0 Å². The summed E-state index contributed by atoms with van der Waals surface area (Å²) in [5.74, 6) is 0.254. The maximum atomic E-state index is 9.08. The maximum Gasteiger partial charge on any atom is 0.0851 e. The lowest BCUT2D eigenvalue weighted by Gasteiger charge is -2.36. The zero-order valence-corrected chi connectivity index (χ0v) is 18.6. The summed E-state index contributed by atoms with van der Waals surface area (Å²) in [6.45, 7) is 21.8. The van der Waals surface area contributed by atoms with Crippen LogP contribution in [-0.4, -0.2) is 91.8 Å². The topological polar surface area (TPSA) is 54.0 Å². The monoisotopic (exact) mass is 408 g/mol. The fourth-order valence-corrected chi connectivity index (χ4v) is 4.15. The van der Waals surface area contributed by atoms with Crippen molar-refractivity contribution in [3.63, 3.8) is 0 Å². The van der Waals surface area contributed by atoms with Gasteiger partial charge in [0.15, 0.2) is 0 Å². The Labute approximate surface area is 178 Å². The number of hydrogen-bond acceptors (Lipinski definition) is 6. The van der Waals surface area contributed by atoms with Crippen molar-refractivity contribution < 1.29 is 5.11 Å². The van der Waals surface area contributed by atoms with Crippen LogP contribution >= 0.6 is 0 Å². The fraction of sp³-hybridized carbons (Fsp3) is 0.739. The van der Waals surface area contributed by atoms with E-state index in [-0.39, 0.29) is 5.76 Å². The Hall–Kier alpha value is -1.50. The molecule has 2 heterocycles. The van der Waals surface area contributed by atoms with Gasteiger partial charge in [0.2, 0.25) is 0 Å². The molecule has 2 rings (SSSR count).